The van der Waals surface area contributed by atoms with E-state index in [2.05, 4.69) is 17.4 Å². The number of benzene rings is 2. The molecule has 37 heavy (non-hydrogen) atoms. The molecule has 6 nitrogen and oxygen atoms in total. The Bertz CT molecular complexity index is 1240. The summed E-state index contributed by atoms with van der Waals surface area (Å²) < 4.78 is 17.1. The molecular weight excluding hydrogens is 466 g/mol. The minimum atomic E-state index is -0.531. The first-order valence-electron chi connectivity index (χ1n) is 13.2. The molecule has 2 aliphatic carbocycles. The maximum Gasteiger partial charge on any atom is 0.337 e. The van der Waals surface area contributed by atoms with E-state index in [1.54, 1.807) is 14.2 Å². The predicted octanol–water partition coefficient (Wildman–Crippen LogP) is 5.94. The van der Waals surface area contributed by atoms with Gasteiger partial charge >= 0.3 is 5.97 Å². The summed E-state index contributed by atoms with van der Waals surface area (Å²) in [5.41, 5.74) is 4.74. The molecular formula is C31H35NO5. The van der Waals surface area contributed by atoms with Crippen LogP contribution in [0.15, 0.2) is 71.1 Å². The number of carbonyl (C=O) groups excluding carboxylic acids is 2. The van der Waals surface area contributed by atoms with Crippen LogP contribution >= 0.6 is 0 Å². The Morgan fingerprint density at radius 3 is 2.32 bits per heavy atom. The quantitative estimate of drug-likeness (QED) is 0.494. The Labute approximate surface area is 218 Å². The second-order valence-corrected chi connectivity index (χ2v) is 10.2. The Kier molecular flexibility index (Phi) is 7.36. The molecule has 0 aromatic heterocycles. The number of ether oxygens (including phenoxy) is 3. The number of nitrogens with one attached hydrogen (secondary N) is 1. The Morgan fingerprint density at radius 2 is 1.62 bits per heavy atom. The van der Waals surface area contributed by atoms with Gasteiger partial charge in [0.25, 0.3) is 0 Å². The summed E-state index contributed by atoms with van der Waals surface area (Å²) in [5.74, 6) is 0.425. The summed E-state index contributed by atoms with van der Waals surface area (Å²) in [6, 6.07) is 15.8. The van der Waals surface area contributed by atoms with Gasteiger partial charge in [0.1, 0.15) is 6.10 Å². The summed E-state index contributed by atoms with van der Waals surface area (Å²) in [6.45, 7) is 1.91. The molecule has 6 heteroatoms. The van der Waals surface area contributed by atoms with Crippen LogP contribution in [0.1, 0.15) is 74.8 Å². The zero-order chi connectivity index (χ0) is 25.9. The third-order valence-electron chi connectivity index (χ3n) is 7.89. The van der Waals surface area contributed by atoms with Crippen LogP contribution in [-0.2, 0) is 14.3 Å². The van der Waals surface area contributed by atoms with Crippen LogP contribution in [0.25, 0.3) is 0 Å². The first-order valence-corrected chi connectivity index (χ1v) is 13.2. The normalized spacial score (nSPS) is 22.3. The molecule has 1 saturated carbocycles. The highest BCUT2D eigenvalue weighted by atomic mass is 16.5. The van der Waals surface area contributed by atoms with Crippen LogP contribution in [0.4, 0.5) is 0 Å². The third kappa shape index (κ3) is 5.02. The van der Waals surface area contributed by atoms with Crippen molar-refractivity contribution in [2.45, 2.75) is 69.8 Å². The van der Waals surface area contributed by atoms with E-state index < -0.39 is 5.92 Å². The Balaban J connectivity index is 1.56. The van der Waals surface area contributed by atoms with Gasteiger partial charge in [-0.25, -0.2) is 4.79 Å². The Hall–Kier alpha value is -3.54. The molecule has 0 bridgehead atoms. The van der Waals surface area contributed by atoms with Crippen molar-refractivity contribution in [3.63, 3.8) is 0 Å². The number of rotatable bonds is 6. The minimum Gasteiger partial charge on any atom is -0.493 e. The zero-order valence-corrected chi connectivity index (χ0v) is 21.8. The first kappa shape index (κ1) is 25.1. The highest BCUT2D eigenvalue weighted by Crippen LogP contribution is 2.47. The van der Waals surface area contributed by atoms with E-state index in [0.717, 1.165) is 48.2 Å². The van der Waals surface area contributed by atoms with E-state index in [1.165, 1.54) is 6.42 Å². The molecule has 0 radical (unpaired) electrons. The number of allylic oxidation sites excluding steroid dienone is 3. The molecule has 2 aromatic carbocycles. The number of dihydropyridines is 1. The topological polar surface area (TPSA) is 73.9 Å². The Morgan fingerprint density at radius 1 is 0.892 bits per heavy atom. The van der Waals surface area contributed by atoms with Crippen molar-refractivity contribution in [1.29, 1.82) is 0 Å². The average molecular weight is 502 g/mol. The number of hydrogen-bond acceptors (Lipinski definition) is 6. The number of ketones is 1. The largest absolute Gasteiger partial charge is 0.493 e. The van der Waals surface area contributed by atoms with Gasteiger partial charge in [-0.05, 0) is 68.2 Å². The molecule has 1 fully saturated rings. The van der Waals surface area contributed by atoms with Gasteiger partial charge in [0.15, 0.2) is 17.3 Å². The van der Waals surface area contributed by atoms with Crippen LogP contribution in [0.5, 0.6) is 11.5 Å². The minimum absolute atomic E-state index is 0.0536. The number of Topliss-reactive ketones (excluding diaryl/α,β-unsaturated/α-hetero) is 1. The van der Waals surface area contributed by atoms with E-state index in [1.807, 2.05) is 43.3 Å². The van der Waals surface area contributed by atoms with Crippen molar-refractivity contribution in [3.05, 3.63) is 82.2 Å². The van der Waals surface area contributed by atoms with Crippen LogP contribution in [0, 0.1) is 0 Å². The predicted molar refractivity (Wildman–Crippen MR) is 142 cm³/mol. The van der Waals surface area contributed by atoms with Crippen molar-refractivity contribution in [2.75, 3.05) is 14.2 Å². The lowest BCUT2D eigenvalue weighted by molar-refractivity contribution is -0.146. The molecule has 0 amide bonds. The van der Waals surface area contributed by atoms with Crippen molar-refractivity contribution < 1.29 is 23.8 Å². The molecule has 0 saturated heterocycles. The highest BCUT2D eigenvalue weighted by molar-refractivity contribution is 6.04. The molecule has 3 aliphatic rings. The highest BCUT2D eigenvalue weighted by Gasteiger charge is 2.42. The molecule has 0 spiro atoms. The number of methoxy groups -OCH3 is 2. The first-order chi connectivity index (χ1) is 18.0. The smallest absolute Gasteiger partial charge is 0.337 e. The van der Waals surface area contributed by atoms with Crippen molar-refractivity contribution in [3.8, 4) is 11.5 Å². The van der Waals surface area contributed by atoms with Crippen molar-refractivity contribution in [1.82, 2.24) is 5.32 Å². The van der Waals surface area contributed by atoms with Gasteiger partial charge in [0.05, 0.1) is 19.8 Å². The van der Waals surface area contributed by atoms with Gasteiger partial charge < -0.3 is 19.5 Å². The molecule has 1 N–H and O–H groups in total. The summed E-state index contributed by atoms with van der Waals surface area (Å²) in [5, 5.41) is 3.45. The molecule has 0 unspecified atom stereocenters. The lowest BCUT2D eigenvalue weighted by Crippen LogP contribution is -2.37. The number of hydrogen-bond donors (Lipinski definition) is 1. The van der Waals surface area contributed by atoms with E-state index >= 15 is 0 Å². The van der Waals surface area contributed by atoms with Crippen LogP contribution in [0.2, 0.25) is 0 Å². The van der Waals surface area contributed by atoms with Gasteiger partial charge in [-0.3, -0.25) is 4.79 Å². The van der Waals surface area contributed by atoms with E-state index in [4.69, 9.17) is 14.2 Å². The third-order valence-corrected chi connectivity index (χ3v) is 7.89. The monoisotopic (exact) mass is 501 g/mol. The summed E-state index contributed by atoms with van der Waals surface area (Å²) in [4.78, 5) is 27.5. The van der Waals surface area contributed by atoms with Gasteiger partial charge in [0.2, 0.25) is 0 Å². The molecule has 2 atom stereocenters. The summed E-state index contributed by atoms with van der Waals surface area (Å²) >= 11 is 0. The van der Waals surface area contributed by atoms with Crippen LogP contribution in [0.3, 0.4) is 0 Å². The van der Waals surface area contributed by atoms with Gasteiger partial charge in [-0.15, -0.1) is 0 Å². The van der Waals surface area contributed by atoms with Gasteiger partial charge in [-0.2, -0.15) is 0 Å². The van der Waals surface area contributed by atoms with Crippen molar-refractivity contribution >= 4 is 11.8 Å². The SMILES string of the molecule is COc1ccc([C@@H]2C(C(=O)OC3CCCCC3)=C(C)NC3=C2C(=O)C[C@@H](c2ccccc2)C3)cc1OC. The van der Waals surface area contributed by atoms with Crippen LogP contribution < -0.4 is 14.8 Å². The molecule has 1 heterocycles. The second kappa shape index (κ2) is 10.8. The van der Waals surface area contributed by atoms with Gasteiger partial charge in [0, 0.05) is 29.3 Å². The number of esters is 1. The summed E-state index contributed by atoms with van der Waals surface area (Å²) in [7, 11) is 3.18. The van der Waals surface area contributed by atoms with E-state index in [-0.39, 0.29) is 23.8 Å². The maximum atomic E-state index is 13.8. The average Bonchev–Trinajstić information content (AvgIpc) is 2.92. The lowest BCUT2D eigenvalue weighted by atomic mass is 9.71. The van der Waals surface area contributed by atoms with E-state index in [9.17, 15) is 9.59 Å². The lowest BCUT2D eigenvalue weighted by Gasteiger charge is -2.37. The maximum absolute atomic E-state index is 13.8. The molecule has 5 rings (SSSR count). The molecule has 194 valence electrons. The second-order valence-electron chi connectivity index (χ2n) is 10.2. The van der Waals surface area contributed by atoms with Gasteiger partial charge in [-0.1, -0.05) is 42.8 Å². The standard InChI is InChI=1S/C31H35NO5/c1-19-28(31(34)37-23-12-8-5-9-13-23)29(21-14-15-26(35-2)27(18-21)36-3)30-24(32-19)16-22(17-25(30)33)20-10-6-4-7-11-20/h4,6-7,10-11,14-15,18,22-23,29,32H,5,8-9,12-13,16-17H2,1-3H3/t22-,29+/m0/s1. The zero-order valence-electron chi connectivity index (χ0n) is 21.8. The number of carbonyl (C=O) groups is 2. The van der Waals surface area contributed by atoms with E-state index in [0.29, 0.717) is 35.5 Å². The molecule has 1 aliphatic heterocycles. The summed E-state index contributed by atoms with van der Waals surface area (Å²) in [6.07, 6.45) is 6.13. The fraction of sp³-hybridized carbons (Fsp3) is 0.419. The fourth-order valence-corrected chi connectivity index (χ4v) is 6.03. The van der Waals surface area contributed by atoms with Crippen LogP contribution in [-0.4, -0.2) is 32.1 Å². The fourth-order valence-electron chi connectivity index (χ4n) is 6.03. The van der Waals surface area contributed by atoms with Crippen molar-refractivity contribution in [2.24, 2.45) is 0 Å². The molecule has 2 aromatic rings.